The molecule has 0 amide bonds. The number of fused-ring (bicyclic) bond motifs is 1. The van der Waals surface area contributed by atoms with Crippen LogP contribution in [0.1, 0.15) is 11.1 Å². The summed E-state index contributed by atoms with van der Waals surface area (Å²) in [6.07, 6.45) is 0. The molecule has 3 N–H and O–H groups in total. The predicted molar refractivity (Wildman–Crippen MR) is 74.9 cm³/mol. The normalized spacial score (nSPS) is 12.2. The number of nitrogens with zero attached hydrogens (tertiary/aromatic N) is 1. The number of aromatic nitrogens is 2. The van der Waals surface area contributed by atoms with Crippen LogP contribution >= 0.6 is 7.60 Å². The van der Waals surface area contributed by atoms with Gasteiger partial charge in [0.25, 0.3) is 0 Å². The Labute approximate surface area is 114 Å². The third-order valence-corrected chi connectivity index (χ3v) is 4.11. The zero-order chi connectivity index (χ0) is 14.5. The predicted octanol–water partition coefficient (Wildman–Crippen LogP) is 2.24. The fourth-order valence-corrected chi connectivity index (χ4v) is 2.53. The van der Waals surface area contributed by atoms with Gasteiger partial charge in [-0.1, -0.05) is 6.07 Å². The number of hydrogen-bond donors (Lipinski definition) is 3. The number of imidazole rings is 1. The summed E-state index contributed by atoms with van der Waals surface area (Å²) in [5.74, 6) is 0.755. The lowest BCUT2D eigenvalue weighted by Crippen LogP contribution is -1.98. The maximum absolute atomic E-state index is 11.1. The van der Waals surface area contributed by atoms with Gasteiger partial charge in [0.15, 0.2) is 11.6 Å². The Bertz CT molecular complexity index is 843. The lowest BCUT2D eigenvalue weighted by Gasteiger charge is -1.98. The molecule has 2 aromatic heterocycles. The molecule has 0 aliphatic heterocycles. The molecule has 0 aliphatic rings. The van der Waals surface area contributed by atoms with Gasteiger partial charge in [0, 0.05) is 0 Å². The summed E-state index contributed by atoms with van der Waals surface area (Å²) >= 11 is 0. The van der Waals surface area contributed by atoms with Crippen LogP contribution in [0.2, 0.25) is 0 Å². The zero-order valence-corrected chi connectivity index (χ0v) is 11.8. The lowest BCUT2D eigenvalue weighted by atomic mass is 10.1. The molecule has 0 radical (unpaired) electrons. The fourth-order valence-electron chi connectivity index (χ4n) is 2.04. The van der Waals surface area contributed by atoms with Crippen molar-refractivity contribution in [3.63, 3.8) is 0 Å². The maximum Gasteiger partial charge on any atom is 0.391 e. The fraction of sp³-hybridized carbons (Fsp3) is 0.154. The Morgan fingerprint density at radius 1 is 1.20 bits per heavy atom. The third kappa shape index (κ3) is 2.08. The van der Waals surface area contributed by atoms with E-state index in [9.17, 15) is 4.57 Å². The van der Waals surface area contributed by atoms with Crippen LogP contribution in [0, 0.1) is 13.8 Å². The Morgan fingerprint density at radius 3 is 2.60 bits per heavy atom. The number of aromatic amines is 1. The highest BCUT2D eigenvalue weighted by Crippen LogP contribution is 2.35. The zero-order valence-electron chi connectivity index (χ0n) is 10.9. The summed E-state index contributed by atoms with van der Waals surface area (Å²) < 4.78 is 16.3. The van der Waals surface area contributed by atoms with Gasteiger partial charge >= 0.3 is 7.60 Å². The summed E-state index contributed by atoms with van der Waals surface area (Å²) in [6.45, 7) is 3.98. The molecule has 0 bridgehead atoms. The minimum Gasteiger partial charge on any atom is -0.445 e. The van der Waals surface area contributed by atoms with Crippen LogP contribution in [0.25, 0.3) is 22.6 Å². The smallest absolute Gasteiger partial charge is 0.391 e. The molecule has 7 heteroatoms. The van der Waals surface area contributed by atoms with Crippen molar-refractivity contribution in [2.45, 2.75) is 13.8 Å². The molecule has 1 aromatic carbocycles. The first kappa shape index (κ1) is 13.1. The number of hydrogen-bond acceptors (Lipinski definition) is 3. The van der Waals surface area contributed by atoms with Crippen LogP contribution in [0.15, 0.2) is 28.7 Å². The van der Waals surface area contributed by atoms with E-state index in [0.717, 1.165) is 22.2 Å². The summed E-state index contributed by atoms with van der Waals surface area (Å²) in [4.78, 5) is 25.6. The van der Waals surface area contributed by atoms with Crippen LogP contribution in [-0.4, -0.2) is 19.8 Å². The van der Waals surface area contributed by atoms with Crippen LogP contribution in [0.4, 0.5) is 0 Å². The number of aryl methyl sites for hydroxylation is 2. The average Bonchev–Trinajstić information content (AvgIpc) is 2.99. The summed E-state index contributed by atoms with van der Waals surface area (Å²) in [5.41, 5.74) is 3.52. The van der Waals surface area contributed by atoms with Crippen molar-refractivity contribution in [2.75, 3.05) is 0 Å². The second-order valence-corrected chi connectivity index (χ2v) is 6.20. The van der Waals surface area contributed by atoms with E-state index in [1.807, 2.05) is 26.0 Å². The van der Waals surface area contributed by atoms with Gasteiger partial charge in [-0.05, 0) is 43.2 Å². The second kappa shape index (κ2) is 4.31. The van der Waals surface area contributed by atoms with Gasteiger partial charge in [-0.25, -0.2) is 4.98 Å². The number of benzene rings is 1. The third-order valence-electron chi connectivity index (χ3n) is 3.29. The topological polar surface area (TPSA) is 99.4 Å². The van der Waals surface area contributed by atoms with Crippen LogP contribution < -0.4 is 5.50 Å². The van der Waals surface area contributed by atoms with E-state index in [2.05, 4.69) is 9.97 Å². The first-order valence-corrected chi connectivity index (χ1v) is 7.60. The van der Waals surface area contributed by atoms with Gasteiger partial charge in [-0.15, -0.1) is 0 Å². The molecule has 3 aromatic rings. The lowest BCUT2D eigenvalue weighted by molar-refractivity contribution is 0.377. The molecular formula is C13H13N2O4P. The molecule has 0 atom stereocenters. The standard InChI is InChI=1S/C13H13N2O4P/c1-7-3-4-9-12(8(7)2)15-13(14-9)10-5-6-11(19-10)20(16,17)18/h3-6H,1-2H3,(H,14,15)(H2,16,17,18). The monoisotopic (exact) mass is 292 g/mol. The highest BCUT2D eigenvalue weighted by atomic mass is 31.2. The van der Waals surface area contributed by atoms with Gasteiger partial charge in [0.05, 0.1) is 11.0 Å². The van der Waals surface area contributed by atoms with Crippen molar-refractivity contribution >= 4 is 24.1 Å². The van der Waals surface area contributed by atoms with Crippen molar-refractivity contribution in [3.05, 3.63) is 35.4 Å². The molecule has 0 saturated heterocycles. The quantitative estimate of drug-likeness (QED) is 0.629. The molecular weight excluding hydrogens is 279 g/mol. The van der Waals surface area contributed by atoms with E-state index in [1.54, 1.807) is 0 Å². The number of nitrogens with one attached hydrogen (secondary N) is 1. The molecule has 0 aliphatic carbocycles. The molecule has 20 heavy (non-hydrogen) atoms. The summed E-state index contributed by atoms with van der Waals surface area (Å²) in [6, 6.07) is 6.67. The highest BCUT2D eigenvalue weighted by Gasteiger charge is 2.23. The Balaban J connectivity index is 2.13. The number of rotatable bonds is 2. The van der Waals surface area contributed by atoms with Gasteiger partial charge in [-0.2, -0.15) is 0 Å². The first-order chi connectivity index (χ1) is 9.36. The molecule has 0 spiro atoms. The average molecular weight is 292 g/mol. The summed E-state index contributed by atoms with van der Waals surface area (Å²) in [7, 11) is -4.38. The molecule has 0 fully saturated rings. The first-order valence-electron chi connectivity index (χ1n) is 5.98. The van der Waals surface area contributed by atoms with E-state index in [-0.39, 0.29) is 5.50 Å². The van der Waals surface area contributed by atoms with Gasteiger partial charge < -0.3 is 19.2 Å². The van der Waals surface area contributed by atoms with E-state index in [1.165, 1.54) is 12.1 Å². The Hall–Kier alpha value is -1.88. The minimum absolute atomic E-state index is 0.302. The van der Waals surface area contributed by atoms with Gasteiger partial charge in [0.1, 0.15) is 0 Å². The highest BCUT2D eigenvalue weighted by molar-refractivity contribution is 7.59. The van der Waals surface area contributed by atoms with Gasteiger partial charge in [0.2, 0.25) is 5.50 Å². The van der Waals surface area contributed by atoms with Crippen molar-refractivity contribution in [1.82, 2.24) is 9.97 Å². The molecule has 3 rings (SSSR count). The van der Waals surface area contributed by atoms with Crippen LogP contribution in [-0.2, 0) is 4.57 Å². The van der Waals surface area contributed by atoms with Crippen LogP contribution in [0.5, 0.6) is 0 Å². The molecule has 0 saturated carbocycles. The Kier molecular flexibility index (Phi) is 2.83. The maximum atomic E-state index is 11.1. The van der Waals surface area contributed by atoms with E-state index in [0.29, 0.717) is 11.6 Å². The number of furan rings is 1. The molecule has 6 nitrogen and oxygen atoms in total. The van der Waals surface area contributed by atoms with E-state index >= 15 is 0 Å². The number of H-pyrrole nitrogens is 1. The largest absolute Gasteiger partial charge is 0.445 e. The van der Waals surface area contributed by atoms with Crippen molar-refractivity contribution in [3.8, 4) is 11.6 Å². The van der Waals surface area contributed by atoms with Crippen molar-refractivity contribution < 1.29 is 18.8 Å². The van der Waals surface area contributed by atoms with Crippen molar-refractivity contribution in [2.24, 2.45) is 0 Å². The Morgan fingerprint density at radius 2 is 1.95 bits per heavy atom. The minimum atomic E-state index is -4.38. The van der Waals surface area contributed by atoms with E-state index < -0.39 is 7.60 Å². The second-order valence-electron chi connectivity index (χ2n) is 4.67. The molecule has 0 unspecified atom stereocenters. The van der Waals surface area contributed by atoms with E-state index in [4.69, 9.17) is 14.2 Å². The summed E-state index contributed by atoms with van der Waals surface area (Å²) in [5, 5.41) is 0. The molecule has 2 heterocycles. The molecule has 104 valence electrons. The van der Waals surface area contributed by atoms with Crippen LogP contribution in [0.3, 0.4) is 0 Å². The van der Waals surface area contributed by atoms with Gasteiger partial charge in [-0.3, -0.25) is 4.57 Å². The van der Waals surface area contributed by atoms with Crippen molar-refractivity contribution in [1.29, 1.82) is 0 Å². The SMILES string of the molecule is Cc1ccc2[nH]c(-c3ccc(P(=O)(O)O)o3)nc2c1C.